The average molecular weight is 411 g/mol. The number of aliphatic hydroxyl groups is 1. The average Bonchev–Trinajstić information content (AvgIpc) is 2.72. The lowest BCUT2D eigenvalue weighted by molar-refractivity contribution is -0.143. The first-order valence-corrected chi connectivity index (χ1v) is 12.7. The summed E-state index contributed by atoms with van der Waals surface area (Å²) in [7, 11) is 0. The lowest BCUT2D eigenvalue weighted by Gasteiger charge is -2.05. The normalized spacial score (nSPS) is 11.4. The van der Waals surface area contributed by atoms with Crippen LogP contribution in [0.4, 0.5) is 0 Å². The molecule has 1 N–H and O–H groups in total. The van der Waals surface area contributed by atoms with Gasteiger partial charge in [-0.25, -0.2) is 0 Å². The molecular weight excluding hydrogens is 360 g/mol. The minimum Gasteiger partial charge on any atom is -0.466 e. The van der Waals surface area contributed by atoms with Crippen molar-refractivity contribution in [2.24, 2.45) is 0 Å². The van der Waals surface area contributed by atoms with Crippen molar-refractivity contribution in [2.45, 2.75) is 135 Å². The number of unbranched alkanes of at least 4 members (excludes halogenated alkanes) is 16. The molecule has 3 nitrogen and oxygen atoms in total. The Labute approximate surface area is 181 Å². The Morgan fingerprint density at radius 3 is 1.72 bits per heavy atom. The van der Waals surface area contributed by atoms with Gasteiger partial charge >= 0.3 is 5.97 Å². The van der Waals surface area contributed by atoms with E-state index in [2.05, 4.69) is 19.1 Å². The Bertz CT molecular complexity index is 352. The number of ether oxygens (including phenoxy) is 1. The molecule has 0 heterocycles. The number of carbonyl (C=O) groups excluding carboxylic acids is 1. The summed E-state index contributed by atoms with van der Waals surface area (Å²) in [5.41, 5.74) is 0. The summed E-state index contributed by atoms with van der Waals surface area (Å²) < 4.78 is 5.35. The Morgan fingerprint density at radius 1 is 0.655 bits per heavy atom. The van der Waals surface area contributed by atoms with E-state index in [1.54, 1.807) is 0 Å². The maximum absolute atomic E-state index is 11.7. The van der Waals surface area contributed by atoms with Crippen LogP contribution in [0.3, 0.4) is 0 Å². The molecule has 0 amide bonds. The van der Waals surface area contributed by atoms with Gasteiger partial charge < -0.3 is 9.84 Å². The number of aliphatic hydroxyl groups excluding tert-OH is 1. The van der Waals surface area contributed by atoms with Crippen molar-refractivity contribution in [1.29, 1.82) is 0 Å². The molecule has 0 aromatic carbocycles. The Morgan fingerprint density at radius 2 is 1.14 bits per heavy atom. The second-order valence-corrected chi connectivity index (χ2v) is 8.40. The van der Waals surface area contributed by atoms with E-state index in [0.717, 1.165) is 25.7 Å². The predicted molar refractivity (Wildman–Crippen MR) is 125 cm³/mol. The topological polar surface area (TPSA) is 46.5 Å². The maximum Gasteiger partial charge on any atom is 0.305 e. The monoisotopic (exact) mass is 410 g/mol. The van der Waals surface area contributed by atoms with Crippen LogP contribution in [0.1, 0.15) is 135 Å². The fourth-order valence-corrected chi connectivity index (χ4v) is 3.51. The molecule has 0 saturated carbocycles. The molecule has 0 aromatic rings. The first kappa shape index (κ1) is 28.2. The van der Waals surface area contributed by atoms with Crippen LogP contribution in [-0.2, 0) is 9.53 Å². The molecule has 172 valence electrons. The first-order valence-electron chi connectivity index (χ1n) is 12.7. The summed E-state index contributed by atoms with van der Waals surface area (Å²) in [4.78, 5) is 11.7. The third kappa shape index (κ3) is 25.1. The molecule has 0 atom stereocenters. The maximum atomic E-state index is 11.7. The van der Waals surface area contributed by atoms with Gasteiger partial charge in [0, 0.05) is 13.0 Å². The number of esters is 1. The van der Waals surface area contributed by atoms with E-state index in [1.807, 2.05) is 0 Å². The second-order valence-electron chi connectivity index (χ2n) is 8.40. The number of allylic oxidation sites excluding steroid dienone is 2. The van der Waals surface area contributed by atoms with Gasteiger partial charge in [0.1, 0.15) is 0 Å². The predicted octanol–water partition coefficient (Wildman–Crippen LogP) is 7.90. The fourth-order valence-electron chi connectivity index (χ4n) is 3.51. The molecule has 0 bridgehead atoms. The van der Waals surface area contributed by atoms with Crippen LogP contribution in [0.5, 0.6) is 0 Å². The van der Waals surface area contributed by atoms with Gasteiger partial charge in [0.15, 0.2) is 0 Å². The van der Waals surface area contributed by atoms with Crippen LogP contribution in [0.25, 0.3) is 0 Å². The van der Waals surface area contributed by atoms with Gasteiger partial charge in [0.2, 0.25) is 0 Å². The number of hydrogen-bond donors (Lipinski definition) is 1. The lowest BCUT2D eigenvalue weighted by atomic mass is 10.1. The van der Waals surface area contributed by atoms with E-state index in [1.165, 1.54) is 96.3 Å². The van der Waals surface area contributed by atoms with E-state index >= 15 is 0 Å². The summed E-state index contributed by atoms with van der Waals surface area (Å²) in [5.74, 6) is -0.00765. The Balaban J connectivity index is 3.18. The molecular formula is C26H50O3. The highest BCUT2D eigenvalue weighted by molar-refractivity contribution is 5.69. The molecule has 0 unspecified atom stereocenters. The van der Waals surface area contributed by atoms with Crippen LogP contribution in [0.2, 0.25) is 0 Å². The molecule has 0 rings (SSSR count). The van der Waals surface area contributed by atoms with Crippen LogP contribution in [0.15, 0.2) is 12.2 Å². The number of rotatable bonds is 23. The van der Waals surface area contributed by atoms with Crippen molar-refractivity contribution in [1.82, 2.24) is 0 Å². The van der Waals surface area contributed by atoms with Crippen molar-refractivity contribution < 1.29 is 14.6 Å². The molecule has 0 aliphatic carbocycles. The molecule has 3 heteroatoms. The van der Waals surface area contributed by atoms with E-state index in [4.69, 9.17) is 9.84 Å². The van der Waals surface area contributed by atoms with E-state index < -0.39 is 0 Å². The van der Waals surface area contributed by atoms with Gasteiger partial charge in [-0.3, -0.25) is 4.79 Å². The van der Waals surface area contributed by atoms with E-state index in [0.29, 0.717) is 19.6 Å². The lowest BCUT2D eigenvalue weighted by Crippen LogP contribution is -2.05. The summed E-state index contributed by atoms with van der Waals surface area (Å²) >= 11 is 0. The number of hydrogen-bond acceptors (Lipinski definition) is 3. The molecule has 0 spiro atoms. The highest BCUT2D eigenvalue weighted by Gasteiger charge is 2.02. The van der Waals surface area contributed by atoms with Gasteiger partial charge in [0.25, 0.3) is 0 Å². The zero-order chi connectivity index (χ0) is 21.3. The van der Waals surface area contributed by atoms with Crippen LogP contribution >= 0.6 is 0 Å². The Kier molecular flexibility index (Phi) is 24.5. The quantitative estimate of drug-likeness (QED) is 0.106. The summed E-state index contributed by atoms with van der Waals surface area (Å²) in [5, 5.41) is 8.73. The van der Waals surface area contributed by atoms with Crippen molar-refractivity contribution in [3.05, 3.63) is 12.2 Å². The minimum atomic E-state index is -0.00765. The minimum absolute atomic E-state index is 0.00765. The van der Waals surface area contributed by atoms with Gasteiger partial charge in [-0.2, -0.15) is 0 Å². The summed E-state index contributed by atoms with van der Waals surface area (Å²) in [6, 6.07) is 0. The zero-order valence-electron chi connectivity index (χ0n) is 19.5. The van der Waals surface area contributed by atoms with Crippen molar-refractivity contribution >= 4 is 5.97 Å². The molecule has 0 radical (unpaired) electrons. The van der Waals surface area contributed by atoms with Crippen molar-refractivity contribution in [2.75, 3.05) is 13.2 Å². The summed E-state index contributed by atoms with van der Waals surface area (Å²) in [6.07, 6.45) is 28.2. The van der Waals surface area contributed by atoms with Crippen LogP contribution in [-0.4, -0.2) is 24.3 Å². The molecule has 0 saturated heterocycles. The molecule has 0 aromatic heterocycles. The third-order valence-electron chi connectivity index (χ3n) is 5.46. The molecule has 0 fully saturated rings. The van der Waals surface area contributed by atoms with E-state index in [9.17, 15) is 4.79 Å². The summed E-state index contributed by atoms with van der Waals surface area (Å²) in [6.45, 7) is 3.17. The molecule has 0 aliphatic heterocycles. The fraction of sp³-hybridized carbons (Fsp3) is 0.885. The molecule has 0 aliphatic rings. The first-order chi connectivity index (χ1) is 14.3. The highest BCUT2D eigenvalue weighted by atomic mass is 16.5. The highest BCUT2D eigenvalue weighted by Crippen LogP contribution is 2.11. The zero-order valence-corrected chi connectivity index (χ0v) is 19.5. The van der Waals surface area contributed by atoms with Crippen molar-refractivity contribution in [3.63, 3.8) is 0 Å². The smallest absolute Gasteiger partial charge is 0.305 e. The largest absolute Gasteiger partial charge is 0.466 e. The van der Waals surface area contributed by atoms with Gasteiger partial charge in [-0.05, 0) is 38.5 Å². The van der Waals surface area contributed by atoms with Crippen LogP contribution in [0, 0.1) is 0 Å². The standard InChI is InChI=1S/C26H50O3/c1-2-3-4-5-6-7-8-11-14-17-20-23-26(28)29-25-22-19-16-13-10-9-12-15-18-21-24-27/h5-6,27H,2-4,7-25H2,1H3. The third-order valence-corrected chi connectivity index (χ3v) is 5.46. The van der Waals surface area contributed by atoms with Crippen molar-refractivity contribution in [3.8, 4) is 0 Å². The van der Waals surface area contributed by atoms with Gasteiger partial charge in [-0.15, -0.1) is 0 Å². The molecule has 29 heavy (non-hydrogen) atoms. The SMILES string of the molecule is CCCCC=CCCCCCCCC(=O)OCCCCCCCCCCCCO. The Hall–Kier alpha value is -0.830. The van der Waals surface area contributed by atoms with E-state index in [-0.39, 0.29) is 5.97 Å². The van der Waals surface area contributed by atoms with Crippen LogP contribution < -0.4 is 0 Å². The number of carbonyl (C=O) groups is 1. The van der Waals surface area contributed by atoms with Gasteiger partial charge in [-0.1, -0.05) is 103 Å². The van der Waals surface area contributed by atoms with Gasteiger partial charge in [0.05, 0.1) is 6.61 Å². The second kappa shape index (κ2) is 25.2.